The fourth-order valence-corrected chi connectivity index (χ4v) is 6.97. The van der Waals surface area contributed by atoms with Crippen molar-refractivity contribution in [1.29, 1.82) is 0 Å². The molecule has 0 unspecified atom stereocenters. The summed E-state index contributed by atoms with van der Waals surface area (Å²) in [6.45, 7) is 2.75. The maximum Gasteiger partial charge on any atom is 0.281 e. The third-order valence-electron chi connectivity index (χ3n) is 6.90. The molecule has 0 N–H and O–H groups in total. The lowest BCUT2D eigenvalue weighted by Gasteiger charge is -2.56. The highest BCUT2D eigenvalue weighted by atomic mass is 32.2. The third kappa shape index (κ3) is 3.04. The molecule has 1 spiro atoms. The molecule has 140 valence electrons. The molecule has 2 atom stereocenters. The van der Waals surface area contributed by atoms with Crippen molar-refractivity contribution in [2.24, 2.45) is 5.41 Å². The molecule has 3 aliphatic carbocycles. The molecule has 0 heterocycles. The van der Waals surface area contributed by atoms with Crippen LogP contribution in [-0.4, -0.2) is 55.9 Å². The summed E-state index contributed by atoms with van der Waals surface area (Å²) in [7, 11) is 0.183. The Morgan fingerprint density at radius 3 is 2.21 bits per heavy atom. The lowest BCUT2D eigenvalue weighted by Crippen LogP contribution is -2.65. The van der Waals surface area contributed by atoms with Gasteiger partial charge >= 0.3 is 0 Å². The Hall–Kier alpha value is -0.170. The van der Waals surface area contributed by atoms with Gasteiger partial charge in [0.2, 0.25) is 0 Å². The summed E-state index contributed by atoms with van der Waals surface area (Å²) in [4.78, 5) is 0. The molecule has 0 aliphatic heterocycles. The van der Waals surface area contributed by atoms with Gasteiger partial charge in [0.1, 0.15) is 0 Å². The lowest BCUT2D eigenvalue weighted by atomic mass is 9.60. The van der Waals surface area contributed by atoms with Crippen molar-refractivity contribution in [2.45, 2.75) is 89.3 Å². The van der Waals surface area contributed by atoms with Crippen LogP contribution in [0.5, 0.6) is 0 Å². The maximum atomic E-state index is 13.2. The van der Waals surface area contributed by atoms with E-state index in [1.807, 2.05) is 6.92 Å². The van der Waals surface area contributed by atoms with Crippen LogP contribution >= 0.6 is 0 Å². The van der Waals surface area contributed by atoms with E-state index >= 15 is 0 Å². The van der Waals surface area contributed by atoms with Gasteiger partial charge in [0.25, 0.3) is 10.2 Å². The fraction of sp³-hybridized carbons (Fsp3) is 1.00. The monoisotopic (exact) mass is 358 g/mol. The Kier molecular flexibility index (Phi) is 5.60. The van der Waals surface area contributed by atoms with E-state index < -0.39 is 10.2 Å². The van der Waals surface area contributed by atoms with E-state index in [2.05, 4.69) is 0 Å². The van der Waals surface area contributed by atoms with Crippen LogP contribution in [0.4, 0.5) is 0 Å². The predicted octanol–water partition coefficient (Wildman–Crippen LogP) is 3.17. The summed E-state index contributed by atoms with van der Waals surface area (Å²) >= 11 is 0. The number of nitrogens with zero attached hydrogens (tertiary/aromatic N) is 2. The first kappa shape index (κ1) is 18.6. The highest BCUT2D eigenvalue weighted by Gasteiger charge is 2.60. The minimum absolute atomic E-state index is 0.0607. The highest BCUT2D eigenvalue weighted by Crippen LogP contribution is 2.57. The van der Waals surface area contributed by atoms with Crippen LogP contribution in [0.15, 0.2) is 0 Å². The molecule has 0 aromatic heterocycles. The van der Waals surface area contributed by atoms with Gasteiger partial charge in [0, 0.05) is 38.2 Å². The van der Waals surface area contributed by atoms with Gasteiger partial charge in [-0.2, -0.15) is 17.0 Å². The van der Waals surface area contributed by atoms with Gasteiger partial charge < -0.3 is 4.74 Å². The maximum absolute atomic E-state index is 13.2. The van der Waals surface area contributed by atoms with Crippen LogP contribution in [0.25, 0.3) is 0 Å². The molecule has 0 aromatic carbocycles. The second kappa shape index (κ2) is 7.22. The molecule has 3 rings (SSSR count). The summed E-state index contributed by atoms with van der Waals surface area (Å²) < 4.78 is 35.6. The van der Waals surface area contributed by atoms with Gasteiger partial charge in [0.05, 0.1) is 6.10 Å². The van der Waals surface area contributed by atoms with E-state index in [0.29, 0.717) is 0 Å². The summed E-state index contributed by atoms with van der Waals surface area (Å²) in [5, 5.41) is 0. The van der Waals surface area contributed by atoms with Crippen LogP contribution in [-0.2, 0) is 14.9 Å². The smallest absolute Gasteiger partial charge is 0.281 e. The SMILES string of the molecule is CCO[C@@H]1C[C@H](N(C)S(=O)(=O)N(C)C2CCCCC2)C12CCCC2. The first-order valence-corrected chi connectivity index (χ1v) is 11.2. The van der Waals surface area contributed by atoms with Crippen molar-refractivity contribution < 1.29 is 13.2 Å². The van der Waals surface area contributed by atoms with Crippen molar-refractivity contribution >= 4 is 10.2 Å². The normalized spacial score (nSPS) is 31.0. The van der Waals surface area contributed by atoms with Crippen LogP contribution in [0, 0.1) is 5.41 Å². The van der Waals surface area contributed by atoms with Crippen LogP contribution in [0.1, 0.15) is 71.1 Å². The minimum Gasteiger partial charge on any atom is -0.378 e. The zero-order chi connectivity index (χ0) is 17.4. The molecular formula is C18H34N2O3S. The Morgan fingerprint density at radius 1 is 1.00 bits per heavy atom. The lowest BCUT2D eigenvalue weighted by molar-refractivity contribution is -0.146. The van der Waals surface area contributed by atoms with E-state index in [-0.39, 0.29) is 23.6 Å². The van der Waals surface area contributed by atoms with E-state index in [0.717, 1.165) is 51.6 Å². The van der Waals surface area contributed by atoms with E-state index in [4.69, 9.17) is 4.74 Å². The van der Waals surface area contributed by atoms with Gasteiger partial charge in [-0.25, -0.2) is 0 Å². The molecule has 0 aromatic rings. The summed E-state index contributed by atoms with van der Waals surface area (Å²) in [5.41, 5.74) is 0.0607. The summed E-state index contributed by atoms with van der Waals surface area (Å²) in [5.74, 6) is 0. The molecule has 3 saturated carbocycles. The largest absolute Gasteiger partial charge is 0.378 e. The van der Waals surface area contributed by atoms with E-state index in [1.165, 1.54) is 19.3 Å². The third-order valence-corrected chi connectivity index (χ3v) is 8.91. The number of hydrogen-bond donors (Lipinski definition) is 0. The van der Waals surface area contributed by atoms with Crippen LogP contribution in [0.3, 0.4) is 0 Å². The molecular weight excluding hydrogens is 324 g/mol. The second-order valence-corrected chi connectivity index (χ2v) is 10.0. The van der Waals surface area contributed by atoms with Crippen LogP contribution in [0.2, 0.25) is 0 Å². The molecule has 3 fully saturated rings. The molecule has 6 heteroatoms. The van der Waals surface area contributed by atoms with Crippen molar-refractivity contribution in [3.63, 3.8) is 0 Å². The van der Waals surface area contributed by atoms with Gasteiger partial charge in [-0.15, -0.1) is 0 Å². The molecule has 3 aliphatic rings. The van der Waals surface area contributed by atoms with Crippen molar-refractivity contribution in [1.82, 2.24) is 8.61 Å². The Bertz CT molecular complexity index is 524. The quantitative estimate of drug-likeness (QED) is 0.733. The standard InChI is InChI=1S/C18H34N2O3S/c1-4-23-17-14-16(18(17)12-8-9-13-18)20(3)24(21,22)19(2)15-10-6-5-7-11-15/h15-17H,4-14H2,1-3H3/t16-,17+/m0/s1. The van der Waals surface area contributed by atoms with Crippen molar-refractivity contribution in [3.8, 4) is 0 Å². The fourth-order valence-electron chi connectivity index (χ4n) is 5.36. The first-order chi connectivity index (χ1) is 11.4. The Morgan fingerprint density at radius 2 is 1.62 bits per heavy atom. The summed E-state index contributed by atoms with van der Waals surface area (Å²) in [6, 6.07) is 0.279. The van der Waals surface area contributed by atoms with Gasteiger partial charge in [-0.3, -0.25) is 0 Å². The Balaban J connectivity index is 1.73. The predicted molar refractivity (Wildman–Crippen MR) is 96.0 cm³/mol. The molecule has 0 saturated heterocycles. The van der Waals surface area contributed by atoms with Crippen molar-refractivity contribution in [3.05, 3.63) is 0 Å². The number of rotatable bonds is 6. The van der Waals surface area contributed by atoms with Gasteiger partial charge in [-0.1, -0.05) is 32.1 Å². The number of hydrogen-bond acceptors (Lipinski definition) is 3. The second-order valence-electron chi connectivity index (χ2n) is 7.97. The molecule has 5 nitrogen and oxygen atoms in total. The Labute approximate surface area is 147 Å². The van der Waals surface area contributed by atoms with Crippen LogP contribution < -0.4 is 0 Å². The molecule has 0 radical (unpaired) electrons. The molecule has 0 amide bonds. The first-order valence-electron chi connectivity index (χ1n) is 9.76. The zero-order valence-electron chi connectivity index (χ0n) is 15.5. The zero-order valence-corrected chi connectivity index (χ0v) is 16.4. The summed E-state index contributed by atoms with van der Waals surface area (Å²) in [6.07, 6.45) is 11.2. The molecule has 24 heavy (non-hydrogen) atoms. The van der Waals surface area contributed by atoms with Gasteiger partial charge in [-0.05, 0) is 39.0 Å². The van der Waals surface area contributed by atoms with Crippen molar-refractivity contribution in [2.75, 3.05) is 20.7 Å². The van der Waals surface area contributed by atoms with E-state index in [1.54, 1.807) is 22.7 Å². The van der Waals surface area contributed by atoms with Gasteiger partial charge in [0.15, 0.2) is 0 Å². The van der Waals surface area contributed by atoms with E-state index in [9.17, 15) is 8.42 Å². The minimum atomic E-state index is -3.39. The topological polar surface area (TPSA) is 49.9 Å². The molecule has 0 bridgehead atoms. The highest BCUT2D eigenvalue weighted by molar-refractivity contribution is 7.86. The average molecular weight is 359 g/mol. The average Bonchev–Trinajstić information content (AvgIpc) is 3.10. The number of ether oxygens (including phenoxy) is 1.